The summed E-state index contributed by atoms with van der Waals surface area (Å²) >= 11 is 0. The second-order valence-corrected chi connectivity index (χ2v) is 9.21. The molecule has 2 aliphatic carbocycles. The minimum atomic E-state index is -0.261. The molecule has 4 unspecified atom stereocenters. The second kappa shape index (κ2) is 8.93. The Morgan fingerprint density at radius 1 is 1.09 bits per heavy atom. The molecule has 1 saturated heterocycles. The third-order valence-corrected chi connectivity index (χ3v) is 7.01. The number of hydrogen-bond donors (Lipinski definition) is 0. The van der Waals surface area contributed by atoms with E-state index in [1.54, 1.807) is 25.5 Å². The van der Waals surface area contributed by atoms with Crippen molar-refractivity contribution in [1.29, 1.82) is 0 Å². The summed E-state index contributed by atoms with van der Waals surface area (Å²) in [6, 6.07) is 11.9. The first kappa shape index (κ1) is 22.1. The van der Waals surface area contributed by atoms with Crippen molar-refractivity contribution in [1.82, 2.24) is 5.01 Å². The fourth-order valence-corrected chi connectivity index (χ4v) is 5.35. The minimum Gasteiger partial charge on any atom is -0.493 e. The van der Waals surface area contributed by atoms with Gasteiger partial charge in [-0.15, -0.1) is 6.58 Å². The first-order valence-corrected chi connectivity index (χ1v) is 11.6. The van der Waals surface area contributed by atoms with Crippen molar-refractivity contribution < 1.29 is 19.1 Å². The van der Waals surface area contributed by atoms with E-state index in [9.17, 15) is 9.59 Å². The van der Waals surface area contributed by atoms with Gasteiger partial charge in [0, 0.05) is 5.56 Å². The summed E-state index contributed by atoms with van der Waals surface area (Å²) in [4.78, 5) is 25.8. The summed E-state index contributed by atoms with van der Waals surface area (Å²) in [5, 5.41) is 5.36. The van der Waals surface area contributed by atoms with Crippen LogP contribution in [0.4, 0.5) is 0 Å². The van der Waals surface area contributed by atoms with E-state index in [-0.39, 0.29) is 35.5 Å². The summed E-state index contributed by atoms with van der Waals surface area (Å²) in [7, 11) is 1.59. The van der Waals surface area contributed by atoms with Crippen molar-refractivity contribution in [2.24, 2.45) is 28.8 Å². The molecule has 6 heteroatoms. The third kappa shape index (κ3) is 3.83. The van der Waals surface area contributed by atoms with Crippen LogP contribution in [0.25, 0.3) is 0 Å². The van der Waals surface area contributed by atoms with Crippen molar-refractivity contribution in [2.75, 3.05) is 7.11 Å². The largest absolute Gasteiger partial charge is 0.493 e. The number of ether oxygens (including phenoxy) is 2. The molecule has 0 spiro atoms. The van der Waals surface area contributed by atoms with E-state index in [1.165, 1.54) is 5.56 Å². The maximum atomic E-state index is 12.9. The van der Waals surface area contributed by atoms with Gasteiger partial charge in [0.1, 0.15) is 6.61 Å². The Morgan fingerprint density at radius 2 is 1.76 bits per heavy atom. The van der Waals surface area contributed by atoms with Crippen molar-refractivity contribution in [3.63, 3.8) is 0 Å². The molecular formula is C28H28N2O4. The van der Waals surface area contributed by atoms with E-state index in [0.29, 0.717) is 24.5 Å². The lowest BCUT2D eigenvalue weighted by Crippen LogP contribution is -2.28. The molecule has 3 aliphatic rings. The monoisotopic (exact) mass is 456 g/mol. The highest BCUT2D eigenvalue weighted by molar-refractivity contribution is 6.06. The zero-order chi connectivity index (χ0) is 23.8. The molecular weight excluding hydrogens is 428 g/mol. The Hall–Kier alpha value is -3.67. The molecule has 1 heterocycles. The van der Waals surface area contributed by atoms with Gasteiger partial charge < -0.3 is 9.47 Å². The van der Waals surface area contributed by atoms with E-state index in [0.717, 1.165) is 28.1 Å². The quantitative estimate of drug-likeness (QED) is 0.334. The number of carbonyl (C=O) groups is 2. The van der Waals surface area contributed by atoms with E-state index in [4.69, 9.17) is 9.47 Å². The number of benzene rings is 2. The zero-order valence-electron chi connectivity index (χ0n) is 19.4. The molecule has 2 fully saturated rings. The summed E-state index contributed by atoms with van der Waals surface area (Å²) < 4.78 is 11.8. The van der Waals surface area contributed by atoms with Crippen molar-refractivity contribution in [2.45, 2.75) is 26.4 Å². The fraction of sp³-hybridized carbons (Fsp3) is 0.321. The van der Waals surface area contributed by atoms with E-state index < -0.39 is 0 Å². The summed E-state index contributed by atoms with van der Waals surface area (Å²) in [6.45, 7) is 6.31. The van der Waals surface area contributed by atoms with Crippen LogP contribution >= 0.6 is 0 Å². The number of allylic oxidation sites excluding steroid dienone is 3. The lowest BCUT2D eigenvalue weighted by Gasteiger charge is -2.16. The molecule has 0 radical (unpaired) electrons. The van der Waals surface area contributed by atoms with Crippen LogP contribution in [0.2, 0.25) is 0 Å². The van der Waals surface area contributed by atoms with E-state index in [1.807, 2.05) is 25.1 Å². The van der Waals surface area contributed by atoms with Crippen molar-refractivity contribution >= 4 is 18.0 Å². The number of methoxy groups -OCH3 is 1. The van der Waals surface area contributed by atoms with Gasteiger partial charge in [-0.2, -0.15) is 10.1 Å². The standard InChI is InChI=1S/C28H28N2O4/c1-4-5-22-12-19(13-23(33-3)26(22)34-16-18-8-6-17(2)7-9-18)15-29-30-27(31)24-20-10-11-21(14-20)25(24)28(30)32/h4,6-13,15,20-21,24-25H,1,5,14,16H2,2-3H3. The van der Waals surface area contributed by atoms with Crippen molar-refractivity contribution in [3.05, 3.63) is 83.5 Å². The van der Waals surface area contributed by atoms with Gasteiger partial charge >= 0.3 is 0 Å². The number of fused-ring (bicyclic) bond motifs is 5. The van der Waals surface area contributed by atoms with Crippen molar-refractivity contribution in [3.8, 4) is 11.5 Å². The lowest BCUT2D eigenvalue weighted by molar-refractivity contribution is -0.140. The van der Waals surface area contributed by atoms with Gasteiger partial charge in [0.15, 0.2) is 11.5 Å². The maximum absolute atomic E-state index is 12.9. The number of amides is 2. The van der Waals surface area contributed by atoms with Gasteiger partial charge in [0.25, 0.3) is 11.8 Å². The summed E-state index contributed by atoms with van der Waals surface area (Å²) in [5.41, 5.74) is 3.86. The molecule has 34 heavy (non-hydrogen) atoms. The number of rotatable bonds is 8. The fourth-order valence-electron chi connectivity index (χ4n) is 5.35. The van der Waals surface area contributed by atoms with Gasteiger partial charge in [0.05, 0.1) is 25.2 Å². The maximum Gasteiger partial charge on any atom is 0.254 e. The minimum absolute atomic E-state index is 0.163. The zero-order valence-corrected chi connectivity index (χ0v) is 19.4. The van der Waals surface area contributed by atoms with Gasteiger partial charge in [-0.3, -0.25) is 9.59 Å². The van der Waals surface area contributed by atoms with Crippen LogP contribution in [0.5, 0.6) is 11.5 Å². The van der Waals surface area contributed by atoms with Crippen LogP contribution < -0.4 is 9.47 Å². The second-order valence-electron chi connectivity index (χ2n) is 9.21. The number of imide groups is 1. The van der Waals surface area contributed by atoms with Crippen LogP contribution in [0.1, 0.15) is 28.7 Å². The van der Waals surface area contributed by atoms with Crippen LogP contribution in [0.15, 0.2) is 66.3 Å². The van der Waals surface area contributed by atoms with Crippen LogP contribution in [0.3, 0.4) is 0 Å². The average molecular weight is 457 g/mol. The van der Waals surface area contributed by atoms with E-state index >= 15 is 0 Å². The molecule has 2 amide bonds. The van der Waals surface area contributed by atoms with Crippen LogP contribution in [-0.2, 0) is 22.6 Å². The first-order valence-electron chi connectivity index (χ1n) is 11.6. The number of aryl methyl sites for hydroxylation is 1. The SMILES string of the molecule is C=CCc1cc(C=NN2C(=O)C3C4C=CC(C4)C3C2=O)cc(OC)c1OCc1ccc(C)cc1. The molecule has 4 atom stereocenters. The Bertz CT molecular complexity index is 1170. The number of nitrogens with zero attached hydrogens (tertiary/aromatic N) is 2. The predicted octanol–water partition coefficient (Wildman–Crippen LogP) is 4.45. The molecule has 2 aromatic rings. The highest BCUT2D eigenvalue weighted by Crippen LogP contribution is 2.52. The molecule has 2 bridgehead atoms. The predicted molar refractivity (Wildman–Crippen MR) is 130 cm³/mol. The van der Waals surface area contributed by atoms with Crippen LogP contribution in [-0.4, -0.2) is 30.1 Å². The molecule has 2 aromatic carbocycles. The van der Waals surface area contributed by atoms with Gasteiger partial charge in [-0.25, -0.2) is 0 Å². The smallest absolute Gasteiger partial charge is 0.254 e. The normalized spacial score (nSPS) is 24.8. The number of carbonyl (C=O) groups excluding carboxylic acids is 2. The Labute approximate surface area is 199 Å². The Balaban J connectivity index is 1.38. The molecule has 0 aromatic heterocycles. The van der Waals surface area contributed by atoms with Gasteiger partial charge in [0.2, 0.25) is 0 Å². The molecule has 1 saturated carbocycles. The lowest BCUT2D eigenvalue weighted by atomic mass is 9.85. The molecule has 0 N–H and O–H groups in total. The Morgan fingerprint density at radius 3 is 2.38 bits per heavy atom. The molecule has 5 rings (SSSR count). The summed E-state index contributed by atoms with van der Waals surface area (Å²) in [6.07, 6.45) is 8.97. The molecule has 174 valence electrons. The highest BCUT2D eigenvalue weighted by Gasteiger charge is 2.59. The first-order chi connectivity index (χ1) is 16.5. The van der Waals surface area contributed by atoms with Crippen LogP contribution in [0, 0.1) is 30.6 Å². The molecule has 6 nitrogen and oxygen atoms in total. The Kier molecular flexibility index (Phi) is 5.82. The highest BCUT2D eigenvalue weighted by atomic mass is 16.5. The number of hydrazone groups is 1. The van der Waals surface area contributed by atoms with E-state index in [2.05, 4.69) is 36.0 Å². The van der Waals surface area contributed by atoms with Gasteiger partial charge in [-0.1, -0.05) is 48.1 Å². The average Bonchev–Trinajstić information content (AvgIpc) is 3.52. The third-order valence-electron chi connectivity index (χ3n) is 7.01. The molecule has 1 aliphatic heterocycles. The van der Waals surface area contributed by atoms with Gasteiger partial charge in [-0.05, 0) is 54.9 Å². The topological polar surface area (TPSA) is 68.2 Å². The number of hydrogen-bond acceptors (Lipinski definition) is 5. The summed E-state index contributed by atoms with van der Waals surface area (Å²) in [5.74, 6) is 0.619.